The smallest absolute Gasteiger partial charge is 0.273 e. The van der Waals surface area contributed by atoms with Crippen LogP contribution in [0.1, 0.15) is 24.3 Å². The van der Waals surface area contributed by atoms with E-state index in [1.54, 1.807) is 0 Å². The Morgan fingerprint density at radius 1 is 1.23 bits per heavy atom. The van der Waals surface area contributed by atoms with Gasteiger partial charge in [-0.25, -0.2) is 4.98 Å². The predicted molar refractivity (Wildman–Crippen MR) is 106 cm³/mol. The molecule has 2 fully saturated rings. The molecule has 1 N–H and O–H groups in total. The van der Waals surface area contributed by atoms with E-state index in [9.17, 15) is 4.79 Å². The van der Waals surface area contributed by atoms with Gasteiger partial charge in [0.15, 0.2) is 0 Å². The van der Waals surface area contributed by atoms with Gasteiger partial charge in [-0.3, -0.25) is 4.79 Å². The van der Waals surface area contributed by atoms with Crippen LogP contribution in [0.2, 0.25) is 0 Å². The maximum atomic E-state index is 12.7. The minimum Gasteiger partial charge on any atom is -0.491 e. The number of hydrogen-bond acceptors (Lipinski definition) is 5. The van der Waals surface area contributed by atoms with E-state index >= 15 is 0 Å². The molecule has 0 aliphatic carbocycles. The van der Waals surface area contributed by atoms with Crippen LogP contribution in [0, 0.1) is 11.8 Å². The summed E-state index contributed by atoms with van der Waals surface area (Å²) in [5, 5.41) is 6.16. The van der Waals surface area contributed by atoms with Gasteiger partial charge in [0.25, 0.3) is 5.91 Å². The van der Waals surface area contributed by atoms with Crippen LogP contribution < -0.4 is 10.1 Å². The van der Waals surface area contributed by atoms with Crippen molar-refractivity contribution in [3.63, 3.8) is 0 Å². The van der Waals surface area contributed by atoms with Crippen LogP contribution in [0.5, 0.6) is 5.75 Å². The Labute approximate surface area is 164 Å². The van der Waals surface area contributed by atoms with E-state index < -0.39 is 0 Å². The Morgan fingerprint density at radius 2 is 1.88 bits per heavy atom. The van der Waals surface area contributed by atoms with Gasteiger partial charge >= 0.3 is 0 Å². The molecule has 0 bridgehead atoms. The number of aromatic nitrogens is 1. The molecule has 2 saturated heterocycles. The Hall–Kier alpha value is -1.63. The van der Waals surface area contributed by atoms with E-state index in [0.717, 1.165) is 42.5 Å². The van der Waals surface area contributed by atoms with Crippen molar-refractivity contribution in [3.05, 3.63) is 35.3 Å². The van der Waals surface area contributed by atoms with Crippen molar-refractivity contribution in [1.82, 2.24) is 15.2 Å². The molecule has 140 valence electrons. The first-order valence-electron chi connectivity index (χ1n) is 8.83. The van der Waals surface area contributed by atoms with E-state index in [1.807, 2.05) is 48.4 Å². The number of carbonyl (C=O) groups excluding carboxylic acids is 1. The first kappa shape index (κ1) is 19.1. The van der Waals surface area contributed by atoms with Crippen LogP contribution in [0.4, 0.5) is 0 Å². The molecular weight excluding hydrogens is 370 g/mol. The minimum atomic E-state index is 0. The molecule has 0 radical (unpaired) electrons. The lowest BCUT2D eigenvalue weighted by Crippen LogP contribution is -2.32. The van der Waals surface area contributed by atoms with E-state index in [4.69, 9.17) is 4.74 Å². The van der Waals surface area contributed by atoms with Gasteiger partial charge in [-0.05, 0) is 49.9 Å². The van der Waals surface area contributed by atoms with Crippen LogP contribution in [0.15, 0.2) is 29.6 Å². The standard InChI is InChI=1S/C19H23N3O2S.ClH/c1-12(2)24-16-5-3-13(4-6-16)18-21-17(11-25-18)19(23)22-9-14-7-20-8-15(14)10-22;/h3-6,11-12,14-15,20H,7-10H2,1-2H3;1H/t14-,15+;. The molecule has 4 rings (SSSR count). The van der Waals surface area contributed by atoms with Gasteiger partial charge in [-0.15, -0.1) is 23.7 Å². The van der Waals surface area contributed by atoms with Crippen LogP contribution in [0.3, 0.4) is 0 Å². The number of benzene rings is 1. The number of carbonyl (C=O) groups is 1. The lowest BCUT2D eigenvalue weighted by molar-refractivity contribution is 0.0777. The Bertz CT molecular complexity index is 750. The molecular formula is C19H24ClN3O2S. The molecule has 2 aliphatic rings. The molecule has 5 nitrogen and oxygen atoms in total. The maximum Gasteiger partial charge on any atom is 0.273 e. The third-order valence-corrected chi connectivity index (χ3v) is 5.76. The largest absolute Gasteiger partial charge is 0.491 e. The lowest BCUT2D eigenvalue weighted by atomic mass is 10.0. The van der Waals surface area contributed by atoms with E-state index in [0.29, 0.717) is 17.5 Å². The molecule has 1 aromatic heterocycles. The Kier molecular flexibility index (Phi) is 5.85. The summed E-state index contributed by atoms with van der Waals surface area (Å²) in [5.74, 6) is 2.13. The van der Waals surface area contributed by atoms with E-state index in [-0.39, 0.29) is 24.4 Å². The van der Waals surface area contributed by atoms with Crippen LogP contribution in [-0.2, 0) is 0 Å². The number of amides is 1. The Morgan fingerprint density at radius 3 is 2.50 bits per heavy atom. The molecule has 2 aromatic rings. The fourth-order valence-corrected chi connectivity index (χ4v) is 4.44. The zero-order chi connectivity index (χ0) is 17.4. The number of nitrogens with zero attached hydrogens (tertiary/aromatic N) is 2. The highest BCUT2D eigenvalue weighted by atomic mass is 35.5. The quantitative estimate of drug-likeness (QED) is 0.865. The summed E-state index contributed by atoms with van der Waals surface area (Å²) >= 11 is 1.52. The normalized spacial score (nSPS) is 21.6. The second-order valence-corrected chi connectivity index (χ2v) is 7.98. The summed E-state index contributed by atoms with van der Waals surface area (Å²) in [4.78, 5) is 19.3. The summed E-state index contributed by atoms with van der Waals surface area (Å²) in [6, 6.07) is 7.90. The van der Waals surface area contributed by atoms with Crippen molar-refractivity contribution in [3.8, 4) is 16.3 Å². The summed E-state index contributed by atoms with van der Waals surface area (Å²) in [5.41, 5.74) is 1.58. The fourth-order valence-electron chi connectivity index (χ4n) is 3.64. The molecule has 0 unspecified atom stereocenters. The molecule has 26 heavy (non-hydrogen) atoms. The average Bonchev–Trinajstić information content (AvgIpc) is 3.30. The summed E-state index contributed by atoms with van der Waals surface area (Å²) in [6.07, 6.45) is 0.157. The van der Waals surface area contributed by atoms with Gasteiger partial charge in [-0.1, -0.05) is 0 Å². The third-order valence-electron chi connectivity index (χ3n) is 4.87. The van der Waals surface area contributed by atoms with Gasteiger partial charge in [0.05, 0.1) is 6.10 Å². The number of thiazole rings is 1. The second-order valence-electron chi connectivity index (χ2n) is 7.12. The van der Waals surface area contributed by atoms with Crippen molar-refractivity contribution in [2.45, 2.75) is 20.0 Å². The summed E-state index contributed by atoms with van der Waals surface area (Å²) in [6.45, 7) is 7.78. The molecule has 7 heteroatoms. The van der Waals surface area contributed by atoms with Gasteiger partial charge in [0.2, 0.25) is 0 Å². The molecule has 1 amide bonds. The zero-order valence-electron chi connectivity index (χ0n) is 15.0. The number of nitrogens with one attached hydrogen (secondary N) is 1. The van der Waals surface area contributed by atoms with Gasteiger partial charge in [-0.2, -0.15) is 0 Å². The average molecular weight is 394 g/mol. The first-order valence-corrected chi connectivity index (χ1v) is 9.70. The maximum absolute atomic E-state index is 12.7. The second kappa shape index (κ2) is 7.94. The van der Waals surface area contributed by atoms with Gasteiger partial charge < -0.3 is 15.0 Å². The van der Waals surface area contributed by atoms with Gasteiger partial charge in [0.1, 0.15) is 16.5 Å². The molecule has 0 saturated carbocycles. The monoisotopic (exact) mass is 393 g/mol. The molecule has 2 atom stereocenters. The first-order chi connectivity index (χ1) is 12.1. The van der Waals surface area contributed by atoms with Crippen LogP contribution in [-0.4, -0.2) is 48.1 Å². The minimum absolute atomic E-state index is 0. The molecule has 0 spiro atoms. The van der Waals surface area contributed by atoms with E-state index in [2.05, 4.69) is 10.3 Å². The van der Waals surface area contributed by atoms with E-state index in [1.165, 1.54) is 11.3 Å². The topological polar surface area (TPSA) is 54.5 Å². The van der Waals surface area contributed by atoms with Crippen molar-refractivity contribution in [2.75, 3.05) is 26.2 Å². The predicted octanol–water partition coefficient (Wildman–Crippen LogP) is 3.31. The number of fused-ring (bicyclic) bond motifs is 1. The molecule has 1 aromatic carbocycles. The number of ether oxygens (including phenoxy) is 1. The lowest BCUT2D eigenvalue weighted by Gasteiger charge is -2.15. The number of likely N-dealkylation sites (tertiary alicyclic amines) is 1. The number of rotatable bonds is 4. The number of halogens is 1. The highest BCUT2D eigenvalue weighted by molar-refractivity contribution is 7.13. The van der Waals surface area contributed by atoms with Crippen LogP contribution in [0.25, 0.3) is 10.6 Å². The SMILES string of the molecule is CC(C)Oc1ccc(-c2nc(C(=O)N3C[C@H]4CNC[C@H]4C3)cs2)cc1.Cl. The Balaban J connectivity index is 0.00000196. The van der Waals surface area contributed by atoms with Crippen LogP contribution >= 0.6 is 23.7 Å². The van der Waals surface area contributed by atoms with Crippen molar-refractivity contribution < 1.29 is 9.53 Å². The summed E-state index contributed by atoms with van der Waals surface area (Å²) < 4.78 is 5.67. The highest BCUT2D eigenvalue weighted by Gasteiger charge is 2.38. The van der Waals surface area contributed by atoms with Crippen molar-refractivity contribution in [2.24, 2.45) is 11.8 Å². The molecule has 3 heterocycles. The molecule has 2 aliphatic heterocycles. The van der Waals surface area contributed by atoms with Gasteiger partial charge in [0, 0.05) is 37.1 Å². The fraction of sp³-hybridized carbons (Fsp3) is 0.474. The van der Waals surface area contributed by atoms with Crippen molar-refractivity contribution >= 4 is 29.7 Å². The number of hydrogen-bond donors (Lipinski definition) is 1. The zero-order valence-corrected chi connectivity index (χ0v) is 16.6. The summed E-state index contributed by atoms with van der Waals surface area (Å²) in [7, 11) is 0. The highest BCUT2D eigenvalue weighted by Crippen LogP contribution is 2.30. The van der Waals surface area contributed by atoms with Crippen molar-refractivity contribution in [1.29, 1.82) is 0 Å². The third kappa shape index (κ3) is 3.87.